The lowest BCUT2D eigenvalue weighted by Gasteiger charge is -2.31. The average Bonchev–Trinajstić information content (AvgIpc) is 2.00. The zero-order valence-corrected chi connectivity index (χ0v) is 11.1. The van der Waals surface area contributed by atoms with Gasteiger partial charge in [0.05, 0.1) is 6.61 Å². The number of carbonyl (C=O) groups excluding carboxylic acids is 1. The molecule has 90 valence electrons. The smallest absolute Gasteiger partial charge is 0.306 e. The van der Waals surface area contributed by atoms with E-state index in [2.05, 4.69) is 34.6 Å². The molecule has 1 atom stereocenters. The van der Waals surface area contributed by atoms with Crippen molar-refractivity contribution in [2.45, 2.75) is 54.4 Å². The Kier molecular flexibility index (Phi) is 5.92. The molecule has 0 saturated carbocycles. The molecular weight excluding hydrogens is 188 g/mol. The average molecular weight is 214 g/mol. The summed E-state index contributed by atoms with van der Waals surface area (Å²) in [4.78, 5) is 11.5. The van der Waals surface area contributed by atoms with Crippen molar-refractivity contribution in [3.63, 3.8) is 0 Å². The molecule has 0 N–H and O–H groups in total. The van der Waals surface area contributed by atoms with Crippen LogP contribution in [0, 0.1) is 17.3 Å². The Hall–Kier alpha value is -0.530. The maximum Gasteiger partial charge on any atom is 0.306 e. The maximum absolute atomic E-state index is 11.5. The summed E-state index contributed by atoms with van der Waals surface area (Å²) < 4.78 is 5.01. The quantitative estimate of drug-likeness (QED) is 0.653. The summed E-state index contributed by atoms with van der Waals surface area (Å²) in [5.74, 6) is 0.985. The molecule has 2 heteroatoms. The molecule has 0 rings (SSSR count). The monoisotopic (exact) mass is 214 g/mol. The maximum atomic E-state index is 11.5. The first kappa shape index (κ1) is 14.5. The lowest BCUT2D eigenvalue weighted by molar-refractivity contribution is -0.145. The molecule has 0 aromatic carbocycles. The lowest BCUT2D eigenvalue weighted by Crippen LogP contribution is -2.25. The predicted octanol–water partition coefficient (Wildman–Crippen LogP) is 3.65. The largest absolute Gasteiger partial charge is 0.466 e. The fraction of sp³-hybridized carbons (Fsp3) is 0.923. The molecular formula is C13H26O2. The number of esters is 1. The number of hydrogen-bond acceptors (Lipinski definition) is 2. The van der Waals surface area contributed by atoms with Gasteiger partial charge in [-0.05, 0) is 30.6 Å². The molecule has 0 fully saturated rings. The first-order valence-corrected chi connectivity index (χ1v) is 5.93. The normalized spacial score (nSPS) is 14.1. The topological polar surface area (TPSA) is 26.3 Å². The Morgan fingerprint density at radius 3 is 2.13 bits per heavy atom. The molecule has 0 radical (unpaired) electrons. The van der Waals surface area contributed by atoms with Crippen molar-refractivity contribution in [1.82, 2.24) is 0 Å². The Labute approximate surface area is 94.4 Å². The van der Waals surface area contributed by atoms with E-state index in [-0.39, 0.29) is 11.4 Å². The third-order valence-electron chi connectivity index (χ3n) is 2.70. The van der Waals surface area contributed by atoms with Crippen molar-refractivity contribution in [1.29, 1.82) is 0 Å². The highest BCUT2D eigenvalue weighted by atomic mass is 16.5. The first-order chi connectivity index (χ1) is 6.77. The van der Waals surface area contributed by atoms with Gasteiger partial charge in [0.2, 0.25) is 0 Å². The summed E-state index contributed by atoms with van der Waals surface area (Å²) in [6.07, 6.45) is 1.64. The third-order valence-corrected chi connectivity index (χ3v) is 2.70. The predicted molar refractivity (Wildman–Crippen MR) is 63.7 cm³/mol. The van der Waals surface area contributed by atoms with E-state index in [1.807, 2.05) is 6.92 Å². The second kappa shape index (κ2) is 6.14. The summed E-state index contributed by atoms with van der Waals surface area (Å²) >= 11 is 0. The summed E-state index contributed by atoms with van der Waals surface area (Å²) in [6, 6.07) is 0. The standard InChI is InChI=1S/C13H26O2/c1-7-15-12(14)9-11(8-10(2)3)13(4,5)6/h10-11H,7-9H2,1-6H3. The molecule has 0 saturated heterocycles. The number of ether oxygens (including phenoxy) is 1. The molecule has 15 heavy (non-hydrogen) atoms. The van der Waals surface area contributed by atoms with Crippen LogP contribution in [0.5, 0.6) is 0 Å². The van der Waals surface area contributed by atoms with E-state index in [0.717, 1.165) is 6.42 Å². The molecule has 0 aromatic rings. The zero-order valence-electron chi connectivity index (χ0n) is 11.1. The van der Waals surface area contributed by atoms with Crippen LogP contribution in [0.3, 0.4) is 0 Å². The van der Waals surface area contributed by atoms with Crippen LogP contribution < -0.4 is 0 Å². The van der Waals surface area contributed by atoms with Gasteiger partial charge in [-0.25, -0.2) is 0 Å². The van der Waals surface area contributed by atoms with Gasteiger partial charge in [-0.2, -0.15) is 0 Å². The van der Waals surface area contributed by atoms with Crippen LogP contribution >= 0.6 is 0 Å². The van der Waals surface area contributed by atoms with Crippen LogP contribution in [-0.2, 0) is 9.53 Å². The van der Waals surface area contributed by atoms with Crippen LogP contribution in [-0.4, -0.2) is 12.6 Å². The van der Waals surface area contributed by atoms with Gasteiger partial charge in [0, 0.05) is 6.42 Å². The minimum absolute atomic E-state index is 0.0573. The Balaban J connectivity index is 4.32. The van der Waals surface area contributed by atoms with Gasteiger partial charge in [-0.15, -0.1) is 0 Å². The second-order valence-electron chi connectivity index (χ2n) is 5.70. The van der Waals surface area contributed by atoms with Crippen molar-refractivity contribution in [2.24, 2.45) is 17.3 Å². The van der Waals surface area contributed by atoms with Gasteiger partial charge in [-0.1, -0.05) is 34.6 Å². The summed E-state index contributed by atoms with van der Waals surface area (Å²) in [6.45, 7) is 13.3. The zero-order chi connectivity index (χ0) is 12.1. The van der Waals surface area contributed by atoms with Crippen molar-refractivity contribution >= 4 is 5.97 Å². The third kappa shape index (κ3) is 6.53. The molecule has 2 nitrogen and oxygen atoms in total. The Morgan fingerprint density at radius 1 is 1.27 bits per heavy atom. The molecule has 0 bridgehead atoms. The van der Waals surface area contributed by atoms with E-state index in [1.165, 1.54) is 0 Å². The van der Waals surface area contributed by atoms with Crippen molar-refractivity contribution in [2.75, 3.05) is 6.61 Å². The fourth-order valence-electron chi connectivity index (χ4n) is 1.73. The van der Waals surface area contributed by atoms with E-state index in [4.69, 9.17) is 4.74 Å². The lowest BCUT2D eigenvalue weighted by atomic mass is 9.74. The first-order valence-electron chi connectivity index (χ1n) is 5.93. The van der Waals surface area contributed by atoms with E-state index >= 15 is 0 Å². The molecule has 1 unspecified atom stereocenters. The number of rotatable bonds is 5. The van der Waals surface area contributed by atoms with Crippen molar-refractivity contribution in [3.8, 4) is 0 Å². The van der Waals surface area contributed by atoms with E-state index in [0.29, 0.717) is 24.9 Å². The highest BCUT2D eigenvalue weighted by Gasteiger charge is 2.27. The van der Waals surface area contributed by atoms with Crippen LogP contribution in [0.2, 0.25) is 0 Å². The van der Waals surface area contributed by atoms with Crippen molar-refractivity contribution in [3.05, 3.63) is 0 Å². The minimum Gasteiger partial charge on any atom is -0.466 e. The molecule has 0 aliphatic heterocycles. The van der Waals surface area contributed by atoms with Gasteiger partial charge in [0.25, 0.3) is 0 Å². The Morgan fingerprint density at radius 2 is 1.80 bits per heavy atom. The van der Waals surface area contributed by atoms with Gasteiger partial charge in [0.15, 0.2) is 0 Å². The molecule has 0 heterocycles. The molecule has 0 aliphatic carbocycles. The highest BCUT2D eigenvalue weighted by molar-refractivity contribution is 5.69. The summed E-state index contributed by atoms with van der Waals surface area (Å²) in [5, 5.41) is 0. The summed E-state index contributed by atoms with van der Waals surface area (Å²) in [5.41, 5.74) is 0.178. The van der Waals surface area contributed by atoms with E-state index in [9.17, 15) is 4.79 Å². The number of hydrogen-bond donors (Lipinski definition) is 0. The van der Waals surface area contributed by atoms with Gasteiger partial charge in [0.1, 0.15) is 0 Å². The Bertz CT molecular complexity index is 189. The van der Waals surface area contributed by atoms with Gasteiger partial charge >= 0.3 is 5.97 Å². The molecule has 0 spiro atoms. The molecule has 0 aliphatic rings. The van der Waals surface area contributed by atoms with Gasteiger partial charge in [-0.3, -0.25) is 4.79 Å². The van der Waals surface area contributed by atoms with Crippen LogP contribution in [0.1, 0.15) is 54.4 Å². The van der Waals surface area contributed by atoms with Crippen LogP contribution in [0.15, 0.2) is 0 Å². The fourth-order valence-corrected chi connectivity index (χ4v) is 1.73. The molecule has 0 aromatic heterocycles. The van der Waals surface area contributed by atoms with Crippen LogP contribution in [0.25, 0.3) is 0 Å². The highest BCUT2D eigenvalue weighted by Crippen LogP contribution is 2.34. The van der Waals surface area contributed by atoms with Crippen molar-refractivity contribution < 1.29 is 9.53 Å². The SMILES string of the molecule is CCOC(=O)CC(CC(C)C)C(C)(C)C. The van der Waals surface area contributed by atoms with E-state index in [1.54, 1.807) is 0 Å². The van der Waals surface area contributed by atoms with Crippen LogP contribution in [0.4, 0.5) is 0 Å². The second-order valence-corrected chi connectivity index (χ2v) is 5.70. The number of carbonyl (C=O) groups is 1. The van der Waals surface area contributed by atoms with E-state index < -0.39 is 0 Å². The minimum atomic E-state index is -0.0573. The van der Waals surface area contributed by atoms with Gasteiger partial charge < -0.3 is 4.74 Å². The summed E-state index contributed by atoms with van der Waals surface area (Å²) in [7, 11) is 0. The molecule has 0 amide bonds.